The molecule has 2 aliphatic heterocycles. The maximum Gasteiger partial charge on any atom is 0.321 e. The van der Waals surface area contributed by atoms with E-state index in [0.717, 1.165) is 18.8 Å². The van der Waals surface area contributed by atoms with Gasteiger partial charge in [-0.25, -0.2) is 4.79 Å². The number of morpholine rings is 1. The molecule has 0 saturated carbocycles. The number of benzene rings is 1. The number of hydrogen-bond donors (Lipinski definition) is 1. The zero-order valence-electron chi connectivity index (χ0n) is 15.6. The molecule has 0 spiro atoms. The average Bonchev–Trinajstić information content (AvgIpc) is 2.62. The highest BCUT2D eigenvalue weighted by Gasteiger charge is 2.28. The van der Waals surface area contributed by atoms with Gasteiger partial charge in [-0.1, -0.05) is 18.2 Å². The van der Waals surface area contributed by atoms with Gasteiger partial charge in [-0.15, -0.1) is 0 Å². The first kappa shape index (κ1) is 18.7. The summed E-state index contributed by atoms with van der Waals surface area (Å²) in [6.45, 7) is 8.35. The molecule has 142 valence electrons. The lowest BCUT2D eigenvalue weighted by Gasteiger charge is -2.38. The van der Waals surface area contributed by atoms with Crippen LogP contribution in [-0.2, 0) is 9.53 Å². The highest BCUT2D eigenvalue weighted by Crippen LogP contribution is 2.12. The van der Waals surface area contributed by atoms with Crippen molar-refractivity contribution in [1.82, 2.24) is 14.7 Å². The molecule has 7 heteroatoms. The Bertz CT molecular complexity index is 606. The van der Waals surface area contributed by atoms with Crippen LogP contribution in [0.15, 0.2) is 30.3 Å². The van der Waals surface area contributed by atoms with Gasteiger partial charge in [-0.05, 0) is 26.0 Å². The van der Waals surface area contributed by atoms with Gasteiger partial charge in [-0.3, -0.25) is 9.69 Å². The lowest BCUT2D eigenvalue weighted by Crippen LogP contribution is -2.55. The molecule has 0 bridgehead atoms. The van der Waals surface area contributed by atoms with Crippen molar-refractivity contribution in [2.24, 2.45) is 0 Å². The summed E-state index contributed by atoms with van der Waals surface area (Å²) in [6.07, 6.45) is 0.315. The van der Waals surface area contributed by atoms with Crippen LogP contribution in [-0.4, -0.2) is 84.7 Å². The van der Waals surface area contributed by atoms with Crippen LogP contribution in [0.1, 0.15) is 13.8 Å². The fourth-order valence-corrected chi connectivity index (χ4v) is 3.59. The van der Waals surface area contributed by atoms with Crippen LogP contribution in [0.5, 0.6) is 0 Å². The number of carbonyl (C=O) groups is 2. The SMILES string of the molecule is CC1CN(CC(=O)N2CCN(C(=O)Nc3ccccc3)CC2)CC(C)O1. The number of rotatable bonds is 3. The third-order valence-electron chi connectivity index (χ3n) is 4.80. The lowest BCUT2D eigenvalue weighted by molar-refractivity contribution is -0.137. The zero-order chi connectivity index (χ0) is 18.5. The first-order valence-corrected chi connectivity index (χ1v) is 9.28. The Kier molecular flexibility index (Phi) is 6.11. The van der Waals surface area contributed by atoms with Gasteiger partial charge in [0, 0.05) is 45.0 Å². The maximum absolute atomic E-state index is 12.6. The minimum absolute atomic E-state index is 0.112. The molecular weight excluding hydrogens is 332 g/mol. The van der Waals surface area contributed by atoms with Crippen molar-refractivity contribution >= 4 is 17.6 Å². The van der Waals surface area contributed by atoms with Gasteiger partial charge in [0.05, 0.1) is 18.8 Å². The number of carbonyl (C=O) groups excluding carboxylic acids is 2. The van der Waals surface area contributed by atoms with Crippen LogP contribution in [0.3, 0.4) is 0 Å². The topological polar surface area (TPSA) is 65.1 Å². The van der Waals surface area contributed by atoms with Crippen molar-refractivity contribution in [3.8, 4) is 0 Å². The van der Waals surface area contributed by atoms with Gasteiger partial charge >= 0.3 is 6.03 Å². The summed E-state index contributed by atoms with van der Waals surface area (Å²) in [5.41, 5.74) is 0.784. The third kappa shape index (κ3) is 4.95. The average molecular weight is 360 g/mol. The Morgan fingerprint density at radius 1 is 1.00 bits per heavy atom. The second-order valence-electron chi connectivity index (χ2n) is 7.12. The Balaban J connectivity index is 1.44. The van der Waals surface area contributed by atoms with Crippen LogP contribution < -0.4 is 5.32 Å². The van der Waals surface area contributed by atoms with Crippen LogP contribution in [0.2, 0.25) is 0 Å². The zero-order valence-corrected chi connectivity index (χ0v) is 15.6. The van der Waals surface area contributed by atoms with E-state index in [4.69, 9.17) is 4.74 Å². The minimum Gasteiger partial charge on any atom is -0.373 e. The van der Waals surface area contributed by atoms with E-state index in [2.05, 4.69) is 10.2 Å². The molecule has 1 N–H and O–H groups in total. The molecule has 2 unspecified atom stereocenters. The van der Waals surface area contributed by atoms with Crippen molar-refractivity contribution in [3.63, 3.8) is 0 Å². The monoisotopic (exact) mass is 360 g/mol. The van der Waals surface area contributed by atoms with Gasteiger partial charge < -0.3 is 19.9 Å². The molecule has 1 aromatic carbocycles. The number of amides is 3. The molecule has 2 aliphatic rings. The molecule has 0 radical (unpaired) electrons. The summed E-state index contributed by atoms with van der Waals surface area (Å²) < 4.78 is 5.71. The molecule has 0 aromatic heterocycles. The molecule has 0 aliphatic carbocycles. The highest BCUT2D eigenvalue weighted by molar-refractivity contribution is 5.89. The van der Waals surface area contributed by atoms with E-state index >= 15 is 0 Å². The Morgan fingerprint density at radius 2 is 1.58 bits per heavy atom. The van der Waals surface area contributed by atoms with Crippen molar-refractivity contribution in [2.45, 2.75) is 26.1 Å². The summed E-state index contributed by atoms with van der Waals surface area (Å²) in [4.78, 5) is 30.7. The molecule has 2 atom stereocenters. The van der Waals surface area contributed by atoms with E-state index in [1.165, 1.54) is 0 Å². The molecule has 2 heterocycles. The number of para-hydroxylation sites is 1. The molecule has 3 rings (SSSR count). The van der Waals surface area contributed by atoms with Gasteiger partial charge in [-0.2, -0.15) is 0 Å². The number of piperazine rings is 1. The number of hydrogen-bond acceptors (Lipinski definition) is 4. The lowest BCUT2D eigenvalue weighted by atomic mass is 10.2. The molecular formula is C19H28N4O3. The summed E-state index contributed by atoms with van der Waals surface area (Å²) in [6, 6.07) is 9.30. The largest absolute Gasteiger partial charge is 0.373 e. The predicted octanol–water partition coefficient (Wildman–Crippen LogP) is 1.47. The summed E-state index contributed by atoms with van der Waals surface area (Å²) >= 11 is 0. The fourth-order valence-electron chi connectivity index (χ4n) is 3.59. The third-order valence-corrected chi connectivity index (χ3v) is 4.80. The van der Waals surface area contributed by atoms with Gasteiger partial charge in [0.2, 0.25) is 5.91 Å². The van der Waals surface area contributed by atoms with E-state index in [9.17, 15) is 9.59 Å². The van der Waals surface area contributed by atoms with E-state index in [1.54, 1.807) is 4.90 Å². The van der Waals surface area contributed by atoms with Crippen molar-refractivity contribution in [2.75, 3.05) is 51.1 Å². The first-order chi connectivity index (χ1) is 12.5. The summed E-state index contributed by atoms with van der Waals surface area (Å²) in [5.74, 6) is 0.134. The van der Waals surface area contributed by atoms with Crippen LogP contribution >= 0.6 is 0 Å². The summed E-state index contributed by atoms with van der Waals surface area (Å²) in [7, 11) is 0. The maximum atomic E-state index is 12.6. The first-order valence-electron chi connectivity index (χ1n) is 9.28. The van der Waals surface area contributed by atoms with E-state index in [-0.39, 0.29) is 24.1 Å². The molecule has 3 amide bonds. The number of anilines is 1. The predicted molar refractivity (Wildman–Crippen MR) is 100 cm³/mol. The number of nitrogens with zero attached hydrogens (tertiary/aromatic N) is 3. The fraction of sp³-hybridized carbons (Fsp3) is 0.579. The highest BCUT2D eigenvalue weighted by atomic mass is 16.5. The Hall–Kier alpha value is -2.12. The van der Waals surface area contributed by atoms with Crippen LogP contribution in [0, 0.1) is 0 Å². The van der Waals surface area contributed by atoms with Crippen molar-refractivity contribution in [1.29, 1.82) is 0 Å². The van der Waals surface area contributed by atoms with Gasteiger partial charge in [0.15, 0.2) is 0 Å². The smallest absolute Gasteiger partial charge is 0.321 e. The molecule has 1 aromatic rings. The Labute approximate surface area is 154 Å². The van der Waals surface area contributed by atoms with Gasteiger partial charge in [0.1, 0.15) is 0 Å². The number of urea groups is 1. The van der Waals surface area contributed by atoms with Crippen LogP contribution in [0.25, 0.3) is 0 Å². The number of nitrogens with one attached hydrogen (secondary N) is 1. The number of ether oxygens (including phenoxy) is 1. The summed E-state index contributed by atoms with van der Waals surface area (Å²) in [5, 5.41) is 2.89. The molecule has 2 fully saturated rings. The standard InChI is InChI=1S/C19H28N4O3/c1-15-12-21(13-16(2)26-15)14-18(24)22-8-10-23(11-9-22)19(25)20-17-6-4-3-5-7-17/h3-7,15-16H,8-14H2,1-2H3,(H,20,25). The Morgan fingerprint density at radius 3 is 2.19 bits per heavy atom. The van der Waals surface area contributed by atoms with Crippen molar-refractivity contribution in [3.05, 3.63) is 30.3 Å². The second kappa shape index (κ2) is 8.51. The molecule has 26 heavy (non-hydrogen) atoms. The van der Waals surface area contributed by atoms with Gasteiger partial charge in [0.25, 0.3) is 0 Å². The molecule has 7 nitrogen and oxygen atoms in total. The second-order valence-corrected chi connectivity index (χ2v) is 7.12. The van der Waals surface area contributed by atoms with Crippen molar-refractivity contribution < 1.29 is 14.3 Å². The normalized spacial score (nSPS) is 24.4. The minimum atomic E-state index is -0.112. The quantitative estimate of drug-likeness (QED) is 0.887. The molecule has 2 saturated heterocycles. The van der Waals surface area contributed by atoms with E-state index in [0.29, 0.717) is 32.7 Å². The van der Waals surface area contributed by atoms with E-state index < -0.39 is 0 Å². The van der Waals surface area contributed by atoms with Crippen LogP contribution in [0.4, 0.5) is 10.5 Å². The van der Waals surface area contributed by atoms with E-state index in [1.807, 2.05) is 49.1 Å².